The Morgan fingerprint density at radius 1 is 1.69 bits per heavy atom. The number of aryl methyl sites for hydroxylation is 1. The number of amides is 1. The molecule has 0 saturated heterocycles. The fourth-order valence-corrected chi connectivity index (χ4v) is 1.27. The number of hydrogen-bond acceptors (Lipinski definition) is 4. The van der Waals surface area contributed by atoms with Crippen molar-refractivity contribution in [3.63, 3.8) is 0 Å². The summed E-state index contributed by atoms with van der Waals surface area (Å²) in [6.45, 7) is 3.73. The van der Waals surface area contributed by atoms with Gasteiger partial charge in [0, 0.05) is 6.54 Å². The van der Waals surface area contributed by atoms with Crippen LogP contribution in [0.3, 0.4) is 0 Å². The van der Waals surface area contributed by atoms with E-state index in [-0.39, 0.29) is 16.6 Å². The van der Waals surface area contributed by atoms with Crippen molar-refractivity contribution in [1.29, 1.82) is 0 Å². The Kier molecular flexibility index (Phi) is 4.64. The summed E-state index contributed by atoms with van der Waals surface area (Å²) in [5, 5.41) is 11.9. The zero-order chi connectivity index (χ0) is 12.1. The maximum absolute atomic E-state index is 11.6. The second-order valence-electron chi connectivity index (χ2n) is 3.51. The van der Waals surface area contributed by atoms with E-state index >= 15 is 0 Å². The molecule has 5 nitrogen and oxygen atoms in total. The Morgan fingerprint density at radius 3 is 3.00 bits per heavy atom. The summed E-state index contributed by atoms with van der Waals surface area (Å²) in [6, 6.07) is 0. The fraction of sp³-hybridized carbons (Fsp3) is 0.500. The lowest BCUT2D eigenvalue weighted by Gasteiger charge is -2.07. The molecule has 0 saturated carbocycles. The Balaban J connectivity index is 2.62. The summed E-state index contributed by atoms with van der Waals surface area (Å²) >= 11 is 5.80. The molecule has 0 aromatic carbocycles. The first-order valence-corrected chi connectivity index (χ1v) is 5.34. The van der Waals surface area contributed by atoms with Gasteiger partial charge in [0.1, 0.15) is 11.5 Å². The zero-order valence-electron chi connectivity index (χ0n) is 9.20. The maximum Gasteiger partial charge on any atom is 0.271 e. The van der Waals surface area contributed by atoms with Gasteiger partial charge in [-0.1, -0.05) is 11.6 Å². The molecule has 16 heavy (non-hydrogen) atoms. The van der Waals surface area contributed by atoms with Gasteiger partial charge in [-0.3, -0.25) is 4.79 Å². The molecule has 1 amide bonds. The van der Waals surface area contributed by atoms with Crippen LogP contribution in [0.1, 0.15) is 29.7 Å². The molecular weight excluding hydrogens is 230 g/mol. The minimum absolute atomic E-state index is 0.166. The second-order valence-corrected chi connectivity index (χ2v) is 3.91. The second kappa shape index (κ2) is 5.77. The number of aromatic nitrogens is 2. The molecule has 1 unspecified atom stereocenters. The molecule has 1 aromatic rings. The zero-order valence-corrected chi connectivity index (χ0v) is 9.95. The first-order chi connectivity index (χ1) is 7.50. The molecular formula is C10H14ClN3O2. The van der Waals surface area contributed by atoms with Crippen molar-refractivity contribution in [2.24, 2.45) is 0 Å². The largest absolute Gasteiger partial charge is 0.393 e. The molecule has 0 aliphatic rings. The van der Waals surface area contributed by atoms with Gasteiger partial charge in [-0.05, 0) is 20.3 Å². The van der Waals surface area contributed by atoms with E-state index in [0.29, 0.717) is 18.8 Å². The van der Waals surface area contributed by atoms with Crippen LogP contribution in [0.4, 0.5) is 0 Å². The Labute approximate surface area is 98.9 Å². The SMILES string of the molecule is Cc1ncc(Cl)c(C(=O)NCCC(C)O)n1. The van der Waals surface area contributed by atoms with E-state index in [1.165, 1.54) is 6.20 Å². The number of nitrogens with zero attached hydrogens (tertiary/aromatic N) is 2. The van der Waals surface area contributed by atoms with E-state index in [0.717, 1.165) is 0 Å². The summed E-state index contributed by atoms with van der Waals surface area (Å²) in [5.41, 5.74) is 0.166. The Morgan fingerprint density at radius 2 is 2.38 bits per heavy atom. The molecule has 1 rings (SSSR count). The van der Waals surface area contributed by atoms with Crippen molar-refractivity contribution in [2.75, 3.05) is 6.54 Å². The molecule has 1 atom stereocenters. The minimum Gasteiger partial charge on any atom is -0.393 e. The third-order valence-corrected chi connectivity index (χ3v) is 2.20. The summed E-state index contributed by atoms with van der Waals surface area (Å²) in [5.74, 6) is 0.140. The van der Waals surface area contributed by atoms with Crippen molar-refractivity contribution in [3.05, 3.63) is 22.7 Å². The average Bonchev–Trinajstić information content (AvgIpc) is 2.21. The lowest BCUT2D eigenvalue weighted by atomic mass is 10.3. The van der Waals surface area contributed by atoms with Crippen molar-refractivity contribution in [1.82, 2.24) is 15.3 Å². The van der Waals surface area contributed by atoms with Gasteiger partial charge >= 0.3 is 0 Å². The van der Waals surface area contributed by atoms with E-state index in [1.54, 1.807) is 13.8 Å². The number of hydrogen-bond donors (Lipinski definition) is 2. The van der Waals surface area contributed by atoms with Gasteiger partial charge in [-0.25, -0.2) is 9.97 Å². The lowest BCUT2D eigenvalue weighted by molar-refractivity contribution is 0.0940. The topological polar surface area (TPSA) is 75.1 Å². The first-order valence-electron chi connectivity index (χ1n) is 4.96. The molecule has 0 radical (unpaired) electrons. The van der Waals surface area contributed by atoms with Gasteiger partial charge in [-0.2, -0.15) is 0 Å². The van der Waals surface area contributed by atoms with Gasteiger partial charge in [0.2, 0.25) is 0 Å². The molecule has 1 heterocycles. The van der Waals surface area contributed by atoms with Crippen LogP contribution in [0.25, 0.3) is 0 Å². The number of aliphatic hydroxyl groups excluding tert-OH is 1. The van der Waals surface area contributed by atoms with Gasteiger partial charge in [0.05, 0.1) is 17.3 Å². The van der Waals surface area contributed by atoms with Crippen LogP contribution in [0.15, 0.2) is 6.20 Å². The minimum atomic E-state index is -0.442. The number of aliphatic hydroxyl groups is 1. The molecule has 0 aliphatic carbocycles. The Hall–Kier alpha value is -1.20. The molecule has 0 aliphatic heterocycles. The smallest absolute Gasteiger partial charge is 0.271 e. The van der Waals surface area contributed by atoms with Crippen LogP contribution in [0.2, 0.25) is 5.02 Å². The van der Waals surface area contributed by atoms with Crippen molar-refractivity contribution in [2.45, 2.75) is 26.4 Å². The van der Waals surface area contributed by atoms with E-state index in [4.69, 9.17) is 16.7 Å². The van der Waals surface area contributed by atoms with Crippen molar-refractivity contribution < 1.29 is 9.90 Å². The molecule has 0 spiro atoms. The van der Waals surface area contributed by atoms with Crippen molar-refractivity contribution >= 4 is 17.5 Å². The van der Waals surface area contributed by atoms with Gasteiger partial charge in [0.15, 0.2) is 0 Å². The maximum atomic E-state index is 11.6. The lowest BCUT2D eigenvalue weighted by Crippen LogP contribution is -2.27. The number of nitrogens with one attached hydrogen (secondary N) is 1. The van der Waals surface area contributed by atoms with Crippen LogP contribution in [-0.2, 0) is 0 Å². The molecule has 1 aromatic heterocycles. The highest BCUT2D eigenvalue weighted by Crippen LogP contribution is 2.11. The van der Waals surface area contributed by atoms with E-state index in [1.807, 2.05) is 0 Å². The van der Waals surface area contributed by atoms with Crippen LogP contribution >= 0.6 is 11.6 Å². The summed E-state index contributed by atoms with van der Waals surface area (Å²) in [6.07, 6.45) is 1.45. The monoisotopic (exact) mass is 243 g/mol. The van der Waals surface area contributed by atoms with Crippen LogP contribution in [0.5, 0.6) is 0 Å². The fourth-order valence-electron chi connectivity index (χ4n) is 1.09. The van der Waals surface area contributed by atoms with Gasteiger partial charge < -0.3 is 10.4 Å². The predicted molar refractivity (Wildman–Crippen MR) is 60.4 cm³/mol. The molecule has 6 heteroatoms. The number of halogens is 1. The van der Waals surface area contributed by atoms with Crippen LogP contribution < -0.4 is 5.32 Å². The predicted octanol–water partition coefficient (Wildman–Crippen LogP) is 0.939. The Bertz CT molecular complexity index is 382. The van der Waals surface area contributed by atoms with E-state index < -0.39 is 6.10 Å². The summed E-state index contributed by atoms with van der Waals surface area (Å²) in [7, 11) is 0. The highest BCUT2D eigenvalue weighted by molar-refractivity contribution is 6.33. The molecule has 0 bridgehead atoms. The molecule has 2 N–H and O–H groups in total. The van der Waals surface area contributed by atoms with E-state index in [2.05, 4.69) is 15.3 Å². The van der Waals surface area contributed by atoms with Crippen LogP contribution in [0, 0.1) is 6.92 Å². The highest BCUT2D eigenvalue weighted by Gasteiger charge is 2.12. The number of rotatable bonds is 4. The summed E-state index contributed by atoms with van der Waals surface area (Å²) in [4.78, 5) is 19.5. The third-order valence-electron chi connectivity index (χ3n) is 1.93. The average molecular weight is 244 g/mol. The normalized spacial score (nSPS) is 12.2. The quantitative estimate of drug-likeness (QED) is 0.825. The standard InChI is InChI=1S/C10H14ClN3O2/c1-6(15)3-4-12-10(16)9-8(11)5-13-7(2)14-9/h5-6,15H,3-4H2,1-2H3,(H,12,16). The highest BCUT2D eigenvalue weighted by atomic mass is 35.5. The first kappa shape index (κ1) is 12.9. The molecule has 88 valence electrons. The number of carbonyl (C=O) groups excluding carboxylic acids is 1. The third kappa shape index (κ3) is 3.75. The van der Waals surface area contributed by atoms with E-state index in [9.17, 15) is 4.79 Å². The van der Waals surface area contributed by atoms with Crippen molar-refractivity contribution in [3.8, 4) is 0 Å². The van der Waals surface area contributed by atoms with Gasteiger partial charge in [0.25, 0.3) is 5.91 Å². The molecule has 0 fully saturated rings. The van der Waals surface area contributed by atoms with Gasteiger partial charge in [-0.15, -0.1) is 0 Å². The van der Waals surface area contributed by atoms with Crippen LogP contribution in [-0.4, -0.2) is 33.6 Å². The number of carbonyl (C=O) groups is 1. The summed E-state index contributed by atoms with van der Waals surface area (Å²) < 4.78 is 0.